The Balaban J connectivity index is 1.52. The molecule has 6 nitrogen and oxygen atoms in total. The molecule has 1 aromatic rings. The third-order valence-electron chi connectivity index (χ3n) is 6.35. The lowest BCUT2D eigenvalue weighted by molar-refractivity contribution is -0.142. The maximum Gasteiger partial charge on any atom is 0.222 e. The molecule has 3 heterocycles. The van der Waals surface area contributed by atoms with E-state index in [1.54, 1.807) is 6.33 Å². The smallest absolute Gasteiger partial charge is 0.222 e. The normalized spacial score (nSPS) is 21.2. The van der Waals surface area contributed by atoms with Gasteiger partial charge in [0.25, 0.3) is 0 Å². The monoisotopic (exact) mass is 360 g/mol. The highest BCUT2D eigenvalue weighted by molar-refractivity contribution is 5.77. The van der Waals surface area contributed by atoms with E-state index in [0.717, 1.165) is 64.0 Å². The van der Waals surface area contributed by atoms with E-state index in [2.05, 4.69) is 23.8 Å². The van der Waals surface area contributed by atoms with Crippen LogP contribution in [0, 0.1) is 11.3 Å². The van der Waals surface area contributed by atoms with Gasteiger partial charge in [-0.3, -0.25) is 9.59 Å². The SMILES string of the molecule is CC[C@@H](C)CC(=O)N1CCC2(CCC(=O)N(CCc3cnc[nH]3)C2)CC1. The minimum Gasteiger partial charge on any atom is -0.348 e. The molecule has 26 heavy (non-hydrogen) atoms. The number of carbonyl (C=O) groups is 2. The van der Waals surface area contributed by atoms with Crippen LogP contribution in [0.25, 0.3) is 0 Å². The van der Waals surface area contributed by atoms with E-state index in [-0.39, 0.29) is 11.3 Å². The maximum atomic E-state index is 12.4. The molecule has 0 radical (unpaired) electrons. The number of piperidine rings is 2. The molecule has 144 valence electrons. The summed E-state index contributed by atoms with van der Waals surface area (Å²) in [6.07, 6.45) is 9.70. The lowest BCUT2D eigenvalue weighted by Crippen LogP contribution is -2.52. The molecular formula is C20H32N4O2. The van der Waals surface area contributed by atoms with E-state index >= 15 is 0 Å². The Labute approximate surface area is 156 Å². The van der Waals surface area contributed by atoms with Crippen LogP contribution in [0.5, 0.6) is 0 Å². The van der Waals surface area contributed by atoms with Gasteiger partial charge in [-0.05, 0) is 30.6 Å². The molecule has 0 unspecified atom stereocenters. The van der Waals surface area contributed by atoms with Crippen LogP contribution in [0.1, 0.15) is 58.1 Å². The molecule has 1 aromatic heterocycles. The molecule has 0 saturated carbocycles. The largest absolute Gasteiger partial charge is 0.348 e. The number of H-pyrrole nitrogens is 1. The highest BCUT2D eigenvalue weighted by Crippen LogP contribution is 2.40. The summed E-state index contributed by atoms with van der Waals surface area (Å²) >= 11 is 0. The zero-order valence-electron chi connectivity index (χ0n) is 16.2. The number of hydrogen-bond donors (Lipinski definition) is 1. The summed E-state index contributed by atoms with van der Waals surface area (Å²) in [5.74, 6) is 1.03. The van der Waals surface area contributed by atoms with Gasteiger partial charge in [0.2, 0.25) is 11.8 Å². The second kappa shape index (κ2) is 8.23. The first kappa shape index (κ1) is 18.9. The van der Waals surface area contributed by atoms with E-state index in [1.165, 1.54) is 0 Å². The van der Waals surface area contributed by atoms with Crippen LogP contribution >= 0.6 is 0 Å². The van der Waals surface area contributed by atoms with Crippen molar-refractivity contribution < 1.29 is 9.59 Å². The molecule has 0 aliphatic carbocycles. The molecular weight excluding hydrogens is 328 g/mol. The number of rotatable bonds is 6. The fourth-order valence-electron chi connectivity index (χ4n) is 4.19. The van der Waals surface area contributed by atoms with Gasteiger partial charge in [-0.1, -0.05) is 20.3 Å². The number of hydrogen-bond acceptors (Lipinski definition) is 3. The molecule has 2 aliphatic rings. The van der Waals surface area contributed by atoms with Gasteiger partial charge in [-0.2, -0.15) is 0 Å². The van der Waals surface area contributed by atoms with Crippen molar-refractivity contribution in [2.75, 3.05) is 26.2 Å². The van der Waals surface area contributed by atoms with Crippen molar-refractivity contribution in [3.05, 3.63) is 18.2 Å². The fourth-order valence-corrected chi connectivity index (χ4v) is 4.19. The summed E-state index contributed by atoms with van der Waals surface area (Å²) in [4.78, 5) is 36.0. The minimum atomic E-state index is 0.203. The molecule has 3 rings (SSSR count). The number of aromatic nitrogens is 2. The Bertz CT molecular complexity index is 605. The van der Waals surface area contributed by atoms with Crippen LogP contribution in [0.4, 0.5) is 0 Å². The van der Waals surface area contributed by atoms with Crippen LogP contribution in [-0.4, -0.2) is 57.8 Å². The van der Waals surface area contributed by atoms with Gasteiger partial charge < -0.3 is 14.8 Å². The topological polar surface area (TPSA) is 69.3 Å². The Morgan fingerprint density at radius 2 is 2.12 bits per heavy atom. The Morgan fingerprint density at radius 3 is 2.77 bits per heavy atom. The molecule has 6 heteroatoms. The van der Waals surface area contributed by atoms with Gasteiger partial charge in [-0.15, -0.1) is 0 Å². The van der Waals surface area contributed by atoms with Crippen molar-refractivity contribution in [2.24, 2.45) is 11.3 Å². The first-order valence-electron chi connectivity index (χ1n) is 10.0. The second-order valence-corrected chi connectivity index (χ2v) is 8.24. The van der Waals surface area contributed by atoms with Crippen LogP contribution in [0.3, 0.4) is 0 Å². The summed E-state index contributed by atoms with van der Waals surface area (Å²) in [5, 5.41) is 0. The van der Waals surface area contributed by atoms with Crippen LogP contribution in [-0.2, 0) is 16.0 Å². The molecule has 2 saturated heterocycles. The lowest BCUT2D eigenvalue weighted by Gasteiger charge is -2.47. The summed E-state index contributed by atoms with van der Waals surface area (Å²) in [7, 11) is 0. The third-order valence-corrected chi connectivity index (χ3v) is 6.35. The number of imidazole rings is 1. The number of nitrogens with one attached hydrogen (secondary N) is 1. The molecule has 0 aromatic carbocycles. The van der Waals surface area contributed by atoms with Crippen LogP contribution in [0.15, 0.2) is 12.5 Å². The average molecular weight is 361 g/mol. The number of amides is 2. The molecule has 1 atom stereocenters. The molecule has 2 aliphatic heterocycles. The van der Waals surface area contributed by atoms with Crippen molar-refractivity contribution in [3.8, 4) is 0 Å². The summed E-state index contributed by atoms with van der Waals surface area (Å²) < 4.78 is 0. The van der Waals surface area contributed by atoms with Gasteiger partial charge in [0.05, 0.1) is 6.33 Å². The summed E-state index contributed by atoms with van der Waals surface area (Å²) in [6.45, 7) is 7.57. The molecule has 2 fully saturated rings. The Morgan fingerprint density at radius 1 is 1.35 bits per heavy atom. The van der Waals surface area contributed by atoms with Gasteiger partial charge in [-0.25, -0.2) is 4.98 Å². The van der Waals surface area contributed by atoms with Crippen molar-refractivity contribution >= 4 is 11.8 Å². The standard InChI is InChI=1S/C20H32N4O2/c1-3-16(2)12-19(26)23-10-7-20(8-11-23)6-4-18(25)24(14-20)9-5-17-13-21-15-22-17/h13,15-16H,3-12,14H2,1-2H3,(H,21,22)/t16-/m1/s1. The number of nitrogens with zero attached hydrogens (tertiary/aromatic N) is 3. The highest BCUT2D eigenvalue weighted by Gasteiger charge is 2.41. The number of aromatic amines is 1. The van der Waals surface area contributed by atoms with Gasteiger partial charge in [0.15, 0.2) is 0 Å². The Hall–Kier alpha value is -1.85. The quantitative estimate of drug-likeness (QED) is 0.848. The van der Waals surface area contributed by atoms with Crippen LogP contribution in [0.2, 0.25) is 0 Å². The van der Waals surface area contributed by atoms with Gasteiger partial charge >= 0.3 is 0 Å². The van der Waals surface area contributed by atoms with E-state index in [4.69, 9.17) is 0 Å². The number of carbonyl (C=O) groups excluding carboxylic acids is 2. The summed E-state index contributed by atoms with van der Waals surface area (Å²) in [6, 6.07) is 0. The zero-order chi connectivity index (χ0) is 18.6. The zero-order valence-corrected chi connectivity index (χ0v) is 16.2. The first-order chi connectivity index (χ1) is 12.5. The van der Waals surface area contributed by atoms with E-state index in [9.17, 15) is 9.59 Å². The number of likely N-dealkylation sites (tertiary alicyclic amines) is 2. The average Bonchev–Trinajstić information content (AvgIpc) is 3.16. The van der Waals surface area contributed by atoms with Crippen molar-refractivity contribution in [1.82, 2.24) is 19.8 Å². The molecule has 2 amide bonds. The maximum absolute atomic E-state index is 12.4. The van der Waals surface area contributed by atoms with Crippen molar-refractivity contribution in [1.29, 1.82) is 0 Å². The summed E-state index contributed by atoms with van der Waals surface area (Å²) in [5.41, 5.74) is 1.28. The second-order valence-electron chi connectivity index (χ2n) is 8.24. The minimum absolute atomic E-state index is 0.203. The van der Waals surface area contributed by atoms with Crippen molar-refractivity contribution in [3.63, 3.8) is 0 Å². The third kappa shape index (κ3) is 4.46. The Kier molecular flexibility index (Phi) is 5.99. The van der Waals surface area contributed by atoms with E-state index < -0.39 is 0 Å². The van der Waals surface area contributed by atoms with Crippen molar-refractivity contribution in [2.45, 2.75) is 58.8 Å². The van der Waals surface area contributed by atoms with E-state index in [0.29, 0.717) is 24.7 Å². The molecule has 0 bridgehead atoms. The first-order valence-corrected chi connectivity index (χ1v) is 10.0. The van der Waals surface area contributed by atoms with Gasteiger partial charge in [0, 0.05) is 57.3 Å². The van der Waals surface area contributed by atoms with Gasteiger partial charge in [0.1, 0.15) is 0 Å². The van der Waals surface area contributed by atoms with E-state index in [1.807, 2.05) is 16.0 Å². The predicted octanol–water partition coefficient (Wildman–Crippen LogP) is 2.62. The molecule has 1 N–H and O–H groups in total. The predicted molar refractivity (Wildman–Crippen MR) is 100 cm³/mol. The molecule has 1 spiro atoms. The lowest BCUT2D eigenvalue weighted by atomic mass is 9.72. The highest BCUT2D eigenvalue weighted by atomic mass is 16.2. The van der Waals surface area contributed by atoms with Crippen LogP contribution < -0.4 is 0 Å². The fraction of sp³-hybridized carbons (Fsp3) is 0.750.